The Labute approximate surface area is 185 Å². The van der Waals surface area contributed by atoms with Crippen LogP contribution >= 0.6 is 0 Å². The van der Waals surface area contributed by atoms with Crippen LogP contribution in [0.4, 0.5) is 0 Å². The molecule has 3 N–H and O–H groups in total. The molecule has 0 amide bonds. The van der Waals surface area contributed by atoms with Crippen molar-refractivity contribution in [2.75, 3.05) is 26.7 Å². The third-order valence-electron chi connectivity index (χ3n) is 5.23. The molecule has 0 unspecified atom stereocenters. The fourth-order valence-electron chi connectivity index (χ4n) is 3.30. The van der Waals surface area contributed by atoms with E-state index in [1.165, 1.54) is 48.1 Å². The first-order valence-corrected chi connectivity index (χ1v) is 10.9. The van der Waals surface area contributed by atoms with Gasteiger partial charge >= 0.3 is 11.9 Å². The minimum Gasteiger partial charge on any atom is -0.497 e. The van der Waals surface area contributed by atoms with Crippen molar-refractivity contribution >= 4 is 22.8 Å². The molecule has 0 saturated heterocycles. The molecular weight excluding hydrogens is 396 g/mol. The van der Waals surface area contributed by atoms with Crippen LogP contribution in [0.15, 0.2) is 18.2 Å². The highest BCUT2D eigenvalue weighted by Crippen LogP contribution is 2.27. The number of aliphatic carboxylic acids is 2. The van der Waals surface area contributed by atoms with Crippen molar-refractivity contribution in [3.8, 4) is 5.75 Å². The summed E-state index contributed by atoms with van der Waals surface area (Å²) in [6, 6.07) is 6.32. The first-order valence-electron chi connectivity index (χ1n) is 10.9. The number of benzene rings is 1. The Kier molecular flexibility index (Phi) is 11.1. The second-order valence-electron chi connectivity index (χ2n) is 8.71. The number of rotatable bonds is 10. The van der Waals surface area contributed by atoms with Gasteiger partial charge in [-0.05, 0) is 74.9 Å². The van der Waals surface area contributed by atoms with Gasteiger partial charge in [-0.15, -0.1) is 0 Å². The van der Waals surface area contributed by atoms with Gasteiger partial charge in [0.15, 0.2) is 0 Å². The van der Waals surface area contributed by atoms with E-state index in [1.54, 1.807) is 7.11 Å². The third-order valence-corrected chi connectivity index (χ3v) is 5.23. The van der Waals surface area contributed by atoms with Gasteiger partial charge in [-0.3, -0.25) is 0 Å². The van der Waals surface area contributed by atoms with E-state index in [-0.39, 0.29) is 0 Å². The minimum absolute atomic E-state index is 0.764. The summed E-state index contributed by atoms with van der Waals surface area (Å²) in [6.45, 7) is 15.0. The van der Waals surface area contributed by atoms with Crippen LogP contribution in [0.2, 0.25) is 0 Å². The predicted octanol–water partition coefficient (Wildman–Crippen LogP) is 4.58. The monoisotopic (exact) mass is 434 g/mol. The molecule has 2 aromatic rings. The van der Waals surface area contributed by atoms with Crippen molar-refractivity contribution in [2.45, 2.75) is 53.9 Å². The second kappa shape index (κ2) is 13.0. The Hall–Kier alpha value is -2.54. The lowest BCUT2D eigenvalue weighted by Crippen LogP contribution is -2.30. The van der Waals surface area contributed by atoms with Crippen LogP contribution in [0, 0.1) is 18.8 Å². The van der Waals surface area contributed by atoms with E-state index in [4.69, 9.17) is 24.5 Å². The molecule has 2 rings (SSSR count). The number of fused-ring (bicyclic) bond motifs is 1. The number of methoxy groups -OCH3 is 1. The lowest BCUT2D eigenvalue weighted by molar-refractivity contribution is -0.159. The topological polar surface area (TPSA) is 103 Å². The Bertz CT molecular complexity index is 818. The van der Waals surface area contributed by atoms with Crippen LogP contribution in [-0.2, 0) is 16.0 Å². The van der Waals surface area contributed by atoms with Crippen LogP contribution in [0.25, 0.3) is 10.9 Å². The van der Waals surface area contributed by atoms with Gasteiger partial charge < -0.3 is 24.8 Å². The maximum atomic E-state index is 9.10. The summed E-state index contributed by atoms with van der Waals surface area (Å²) in [5.41, 5.74) is 3.94. The standard InChI is InChI=1S/C22H36N2O.C2H2O4/c1-16(2)9-12-24(13-10-17(3)4)14-11-20-18(5)23-22-8-7-19(25-6)15-21(20)22;3-1(4)2(5)6/h7-8,15-17,23H,9-14H2,1-6H3;(H,3,4)(H,5,6). The fraction of sp³-hybridized carbons (Fsp3) is 0.583. The van der Waals surface area contributed by atoms with Gasteiger partial charge in [0, 0.05) is 23.1 Å². The number of aromatic amines is 1. The summed E-state index contributed by atoms with van der Waals surface area (Å²) < 4.78 is 5.42. The van der Waals surface area contributed by atoms with E-state index in [1.807, 2.05) is 6.07 Å². The van der Waals surface area contributed by atoms with E-state index in [9.17, 15) is 0 Å². The number of carboxylic acids is 2. The number of ether oxygens (including phenoxy) is 1. The molecule has 1 heterocycles. The van der Waals surface area contributed by atoms with Gasteiger partial charge in [0.1, 0.15) is 5.75 Å². The lowest BCUT2D eigenvalue weighted by atomic mass is 10.1. The van der Waals surface area contributed by atoms with Crippen molar-refractivity contribution in [1.82, 2.24) is 9.88 Å². The van der Waals surface area contributed by atoms with Crippen molar-refractivity contribution in [1.29, 1.82) is 0 Å². The molecular formula is C24H38N2O5. The molecule has 0 bridgehead atoms. The number of carbonyl (C=O) groups is 2. The number of H-pyrrole nitrogens is 1. The summed E-state index contributed by atoms with van der Waals surface area (Å²) in [5.74, 6) is -1.18. The summed E-state index contributed by atoms with van der Waals surface area (Å²) in [5, 5.41) is 16.1. The number of nitrogens with one attached hydrogen (secondary N) is 1. The number of hydrogen-bond donors (Lipinski definition) is 3. The highest BCUT2D eigenvalue weighted by molar-refractivity contribution is 6.27. The summed E-state index contributed by atoms with van der Waals surface area (Å²) in [7, 11) is 1.74. The van der Waals surface area contributed by atoms with Gasteiger partial charge in [0.25, 0.3) is 0 Å². The number of aromatic nitrogens is 1. The van der Waals surface area contributed by atoms with Gasteiger partial charge in [0.2, 0.25) is 0 Å². The highest BCUT2D eigenvalue weighted by atomic mass is 16.5. The molecule has 0 aliphatic carbocycles. The predicted molar refractivity (Wildman–Crippen MR) is 124 cm³/mol. The maximum Gasteiger partial charge on any atom is 0.414 e. The smallest absolute Gasteiger partial charge is 0.414 e. The van der Waals surface area contributed by atoms with Crippen molar-refractivity contribution < 1.29 is 24.5 Å². The zero-order chi connectivity index (χ0) is 23.6. The zero-order valence-corrected chi connectivity index (χ0v) is 19.7. The van der Waals surface area contributed by atoms with Gasteiger partial charge in [-0.1, -0.05) is 27.7 Å². The fourth-order valence-corrected chi connectivity index (χ4v) is 3.30. The summed E-state index contributed by atoms with van der Waals surface area (Å²) in [6.07, 6.45) is 3.65. The molecule has 0 saturated carbocycles. The molecule has 0 aliphatic heterocycles. The highest BCUT2D eigenvalue weighted by Gasteiger charge is 2.13. The number of hydrogen-bond acceptors (Lipinski definition) is 4. The Balaban J connectivity index is 0.000000703. The van der Waals surface area contributed by atoms with Gasteiger partial charge in [0.05, 0.1) is 7.11 Å². The largest absolute Gasteiger partial charge is 0.497 e. The first-order chi connectivity index (χ1) is 14.5. The van der Waals surface area contributed by atoms with Gasteiger partial charge in [-0.25, -0.2) is 9.59 Å². The molecule has 0 aliphatic rings. The lowest BCUT2D eigenvalue weighted by Gasteiger charge is -2.24. The summed E-state index contributed by atoms with van der Waals surface area (Å²) >= 11 is 0. The Morgan fingerprint density at radius 1 is 1.00 bits per heavy atom. The average Bonchev–Trinajstić information content (AvgIpc) is 3.01. The van der Waals surface area contributed by atoms with Crippen molar-refractivity contribution in [3.63, 3.8) is 0 Å². The van der Waals surface area contributed by atoms with E-state index < -0.39 is 11.9 Å². The first kappa shape index (κ1) is 26.5. The van der Waals surface area contributed by atoms with Crippen LogP contribution in [0.5, 0.6) is 5.75 Å². The van der Waals surface area contributed by atoms with E-state index in [0.29, 0.717) is 0 Å². The molecule has 0 spiro atoms. The molecule has 31 heavy (non-hydrogen) atoms. The molecule has 7 heteroatoms. The summed E-state index contributed by atoms with van der Waals surface area (Å²) in [4.78, 5) is 24.4. The Morgan fingerprint density at radius 3 is 2.00 bits per heavy atom. The molecule has 0 radical (unpaired) electrons. The number of carboxylic acid groups (broad SMARTS) is 2. The minimum atomic E-state index is -1.82. The van der Waals surface area contributed by atoms with Gasteiger partial charge in [-0.2, -0.15) is 0 Å². The third kappa shape index (κ3) is 9.42. The quantitative estimate of drug-likeness (QED) is 0.473. The molecule has 0 atom stereocenters. The molecule has 1 aromatic carbocycles. The number of aryl methyl sites for hydroxylation is 1. The molecule has 7 nitrogen and oxygen atoms in total. The van der Waals surface area contributed by atoms with Crippen LogP contribution in [0.1, 0.15) is 51.8 Å². The van der Waals surface area contributed by atoms with Crippen LogP contribution in [0.3, 0.4) is 0 Å². The molecule has 174 valence electrons. The van der Waals surface area contributed by atoms with E-state index in [2.05, 4.69) is 56.6 Å². The van der Waals surface area contributed by atoms with Crippen molar-refractivity contribution in [2.24, 2.45) is 11.8 Å². The van der Waals surface area contributed by atoms with Crippen molar-refractivity contribution in [3.05, 3.63) is 29.5 Å². The normalized spacial score (nSPS) is 11.1. The maximum absolute atomic E-state index is 9.10. The second-order valence-corrected chi connectivity index (χ2v) is 8.71. The SMILES string of the molecule is COc1ccc2[nH]c(C)c(CCN(CCC(C)C)CCC(C)C)c2c1.O=C(O)C(=O)O. The molecule has 0 fully saturated rings. The van der Waals surface area contributed by atoms with E-state index in [0.717, 1.165) is 30.6 Å². The molecule has 1 aromatic heterocycles. The van der Waals surface area contributed by atoms with Crippen LogP contribution < -0.4 is 4.74 Å². The average molecular weight is 435 g/mol. The number of nitrogens with zero attached hydrogens (tertiary/aromatic N) is 1. The zero-order valence-electron chi connectivity index (χ0n) is 19.7. The van der Waals surface area contributed by atoms with Crippen LogP contribution in [-0.4, -0.2) is 58.8 Å². The Morgan fingerprint density at radius 2 is 1.55 bits per heavy atom. The van der Waals surface area contributed by atoms with E-state index >= 15 is 0 Å².